The first-order valence-corrected chi connectivity index (χ1v) is 10.1. The summed E-state index contributed by atoms with van der Waals surface area (Å²) < 4.78 is 5.20. The van der Waals surface area contributed by atoms with Gasteiger partial charge in [-0.15, -0.1) is 0 Å². The van der Waals surface area contributed by atoms with Crippen molar-refractivity contribution in [3.05, 3.63) is 59.7 Å². The van der Waals surface area contributed by atoms with Crippen molar-refractivity contribution < 1.29 is 14.3 Å². The minimum atomic E-state index is -0.354. The number of methoxy groups -OCH3 is 1. The number of anilines is 1. The number of thiocarbonyl (C=S) groups is 1. The molecule has 0 unspecified atom stereocenters. The zero-order valence-corrected chi connectivity index (χ0v) is 17.3. The lowest BCUT2D eigenvalue weighted by molar-refractivity contribution is 0.0761. The Balaban J connectivity index is 1.58. The minimum Gasteiger partial charge on any atom is -0.496 e. The minimum absolute atomic E-state index is 0.0606. The Morgan fingerprint density at radius 2 is 1.62 bits per heavy atom. The molecule has 1 saturated heterocycles. The fraction of sp³-hybridized carbons (Fsp3) is 0.318. The van der Waals surface area contributed by atoms with Gasteiger partial charge in [-0.05, 0) is 61.5 Å². The summed E-state index contributed by atoms with van der Waals surface area (Å²) in [5, 5.41) is 5.78. The van der Waals surface area contributed by atoms with E-state index in [9.17, 15) is 9.59 Å². The molecule has 2 aromatic carbocycles. The van der Waals surface area contributed by atoms with E-state index in [-0.39, 0.29) is 16.9 Å². The van der Waals surface area contributed by atoms with E-state index in [4.69, 9.17) is 17.0 Å². The third-order valence-electron chi connectivity index (χ3n) is 4.86. The van der Waals surface area contributed by atoms with Crippen LogP contribution in [-0.4, -0.2) is 42.0 Å². The quantitative estimate of drug-likeness (QED) is 0.748. The van der Waals surface area contributed by atoms with E-state index in [1.807, 2.05) is 4.90 Å². The Morgan fingerprint density at radius 1 is 0.966 bits per heavy atom. The van der Waals surface area contributed by atoms with Crippen molar-refractivity contribution in [2.75, 3.05) is 25.5 Å². The highest BCUT2D eigenvalue weighted by atomic mass is 32.1. The highest BCUT2D eigenvalue weighted by Gasteiger charge is 2.17. The summed E-state index contributed by atoms with van der Waals surface area (Å²) >= 11 is 5.23. The van der Waals surface area contributed by atoms with Gasteiger partial charge in [0.15, 0.2) is 5.11 Å². The van der Waals surface area contributed by atoms with E-state index >= 15 is 0 Å². The third-order valence-corrected chi connectivity index (χ3v) is 5.07. The number of rotatable bonds is 4. The fourth-order valence-electron chi connectivity index (χ4n) is 3.32. The first kappa shape index (κ1) is 20.8. The Kier molecular flexibility index (Phi) is 7.19. The number of nitrogens with zero attached hydrogens (tertiary/aromatic N) is 1. The van der Waals surface area contributed by atoms with Gasteiger partial charge in [0.05, 0.1) is 12.7 Å². The molecule has 2 N–H and O–H groups in total. The van der Waals surface area contributed by atoms with Gasteiger partial charge in [-0.2, -0.15) is 0 Å². The molecule has 0 bridgehead atoms. The van der Waals surface area contributed by atoms with Crippen LogP contribution in [0.2, 0.25) is 0 Å². The van der Waals surface area contributed by atoms with Crippen LogP contribution in [-0.2, 0) is 0 Å². The zero-order valence-electron chi connectivity index (χ0n) is 16.4. The summed E-state index contributed by atoms with van der Waals surface area (Å²) in [5.74, 6) is 0.183. The van der Waals surface area contributed by atoms with Gasteiger partial charge in [0.2, 0.25) is 0 Å². The van der Waals surface area contributed by atoms with Gasteiger partial charge in [0, 0.05) is 24.3 Å². The first-order chi connectivity index (χ1) is 14.1. The Bertz CT molecular complexity index is 875. The molecule has 3 rings (SSSR count). The lowest BCUT2D eigenvalue weighted by Crippen LogP contribution is -2.34. The van der Waals surface area contributed by atoms with E-state index in [0.717, 1.165) is 25.9 Å². The fourth-order valence-corrected chi connectivity index (χ4v) is 3.53. The van der Waals surface area contributed by atoms with Crippen molar-refractivity contribution in [3.8, 4) is 5.75 Å². The number of ether oxygens (including phenoxy) is 1. The van der Waals surface area contributed by atoms with Crippen LogP contribution in [0, 0.1) is 0 Å². The summed E-state index contributed by atoms with van der Waals surface area (Å²) in [5.41, 5.74) is 1.75. The summed E-state index contributed by atoms with van der Waals surface area (Å²) in [6.07, 6.45) is 4.49. The van der Waals surface area contributed by atoms with Crippen molar-refractivity contribution in [1.82, 2.24) is 10.2 Å². The molecule has 0 radical (unpaired) electrons. The number of benzene rings is 2. The molecule has 0 aromatic heterocycles. The maximum Gasteiger partial charge on any atom is 0.261 e. The number of likely N-dealkylation sites (tertiary alicyclic amines) is 1. The van der Waals surface area contributed by atoms with Gasteiger partial charge in [-0.1, -0.05) is 25.0 Å². The van der Waals surface area contributed by atoms with Crippen LogP contribution in [0.1, 0.15) is 46.4 Å². The molecule has 2 aromatic rings. The molecule has 0 saturated carbocycles. The highest BCUT2D eigenvalue weighted by Crippen LogP contribution is 2.18. The van der Waals surface area contributed by atoms with Crippen LogP contribution in [0.25, 0.3) is 0 Å². The summed E-state index contributed by atoms with van der Waals surface area (Å²) in [6.45, 7) is 1.63. The molecule has 152 valence electrons. The largest absolute Gasteiger partial charge is 0.496 e. The number of para-hydroxylation sites is 1. The lowest BCUT2D eigenvalue weighted by Gasteiger charge is -2.20. The van der Waals surface area contributed by atoms with E-state index in [1.165, 1.54) is 20.0 Å². The Labute approximate surface area is 176 Å². The SMILES string of the molecule is COc1ccccc1C(=O)NC(=S)Nc1ccc(C(=O)N2CCCCCC2)cc1. The standard InChI is InChI=1S/C22H25N3O3S/c1-28-19-9-5-4-8-18(19)20(26)24-22(29)23-17-12-10-16(11-13-17)21(27)25-14-6-2-3-7-15-25/h4-5,8-13H,2-3,6-7,14-15H2,1H3,(H2,23,24,26,29). The Hall–Kier alpha value is -2.93. The molecule has 29 heavy (non-hydrogen) atoms. The van der Waals surface area contributed by atoms with Crippen molar-refractivity contribution >= 4 is 34.8 Å². The van der Waals surface area contributed by atoms with Gasteiger partial charge in [0.25, 0.3) is 11.8 Å². The van der Waals surface area contributed by atoms with Crippen LogP contribution >= 0.6 is 12.2 Å². The molecule has 1 aliphatic heterocycles. The van der Waals surface area contributed by atoms with Crippen molar-refractivity contribution in [1.29, 1.82) is 0 Å². The molecule has 1 heterocycles. The van der Waals surface area contributed by atoms with Crippen LogP contribution in [0.3, 0.4) is 0 Å². The molecular formula is C22H25N3O3S. The summed E-state index contributed by atoms with van der Waals surface area (Å²) in [7, 11) is 1.51. The van der Waals surface area contributed by atoms with Crippen LogP contribution in [0.4, 0.5) is 5.69 Å². The van der Waals surface area contributed by atoms with E-state index in [2.05, 4.69) is 10.6 Å². The number of carbonyl (C=O) groups excluding carboxylic acids is 2. The predicted molar refractivity (Wildman–Crippen MR) is 117 cm³/mol. The van der Waals surface area contributed by atoms with E-state index in [0.29, 0.717) is 22.6 Å². The second kappa shape index (κ2) is 10.0. The second-order valence-electron chi connectivity index (χ2n) is 6.89. The number of carbonyl (C=O) groups is 2. The summed E-state index contributed by atoms with van der Waals surface area (Å²) in [4.78, 5) is 27.0. The maximum absolute atomic E-state index is 12.7. The topological polar surface area (TPSA) is 70.7 Å². The molecular weight excluding hydrogens is 386 g/mol. The van der Waals surface area contributed by atoms with Crippen LogP contribution in [0.5, 0.6) is 5.75 Å². The molecule has 6 nitrogen and oxygen atoms in total. The molecule has 0 aliphatic carbocycles. The molecule has 1 fully saturated rings. The lowest BCUT2D eigenvalue weighted by atomic mass is 10.1. The zero-order chi connectivity index (χ0) is 20.6. The van der Waals surface area contributed by atoms with Crippen molar-refractivity contribution in [2.45, 2.75) is 25.7 Å². The maximum atomic E-state index is 12.7. The van der Waals surface area contributed by atoms with Gasteiger partial charge in [-0.3, -0.25) is 14.9 Å². The molecule has 1 aliphatic rings. The summed E-state index contributed by atoms with van der Waals surface area (Å²) in [6, 6.07) is 14.1. The number of nitrogens with one attached hydrogen (secondary N) is 2. The van der Waals surface area contributed by atoms with Gasteiger partial charge in [-0.25, -0.2) is 0 Å². The molecule has 7 heteroatoms. The van der Waals surface area contributed by atoms with Crippen molar-refractivity contribution in [3.63, 3.8) is 0 Å². The molecule has 2 amide bonds. The molecule has 0 atom stereocenters. The van der Waals surface area contributed by atoms with Crippen LogP contribution in [0.15, 0.2) is 48.5 Å². The third kappa shape index (κ3) is 5.54. The number of amides is 2. The monoisotopic (exact) mass is 411 g/mol. The second-order valence-corrected chi connectivity index (χ2v) is 7.30. The Morgan fingerprint density at radius 3 is 2.28 bits per heavy atom. The molecule has 0 spiro atoms. The van der Waals surface area contributed by atoms with Gasteiger partial charge >= 0.3 is 0 Å². The van der Waals surface area contributed by atoms with E-state index in [1.54, 1.807) is 48.5 Å². The normalized spacial score (nSPS) is 13.9. The number of hydrogen-bond donors (Lipinski definition) is 2. The predicted octanol–water partition coefficient (Wildman–Crippen LogP) is 3.84. The average molecular weight is 412 g/mol. The van der Waals surface area contributed by atoms with Crippen molar-refractivity contribution in [2.24, 2.45) is 0 Å². The average Bonchev–Trinajstić information content (AvgIpc) is 3.03. The first-order valence-electron chi connectivity index (χ1n) is 9.73. The smallest absolute Gasteiger partial charge is 0.261 e. The highest BCUT2D eigenvalue weighted by molar-refractivity contribution is 7.80. The van der Waals surface area contributed by atoms with Crippen LogP contribution < -0.4 is 15.4 Å². The van der Waals surface area contributed by atoms with Gasteiger partial charge in [0.1, 0.15) is 5.75 Å². The van der Waals surface area contributed by atoms with Gasteiger partial charge < -0.3 is 15.0 Å². The number of hydrogen-bond acceptors (Lipinski definition) is 4. The van der Waals surface area contributed by atoms with E-state index < -0.39 is 0 Å².